The third kappa shape index (κ3) is 3.80. The van der Waals surface area contributed by atoms with Gasteiger partial charge in [0.2, 0.25) is 5.91 Å². The molecule has 0 spiro atoms. The number of fused-ring (bicyclic) bond motifs is 1. The third-order valence-electron chi connectivity index (χ3n) is 5.81. The maximum absolute atomic E-state index is 15.0. The number of hydrogen-bond donors (Lipinski definition) is 2. The van der Waals surface area contributed by atoms with Gasteiger partial charge in [-0.05, 0) is 32.0 Å². The van der Waals surface area contributed by atoms with Crippen LogP contribution in [0.5, 0.6) is 0 Å². The molecule has 12 heteroatoms. The van der Waals surface area contributed by atoms with Crippen molar-refractivity contribution in [2.75, 3.05) is 18.5 Å². The van der Waals surface area contributed by atoms with Gasteiger partial charge in [-0.25, -0.2) is 23.1 Å². The zero-order valence-corrected chi connectivity index (χ0v) is 17.8. The van der Waals surface area contributed by atoms with E-state index in [0.29, 0.717) is 6.54 Å². The number of aromatic nitrogens is 2. The van der Waals surface area contributed by atoms with Crippen molar-refractivity contribution in [1.82, 2.24) is 14.9 Å². The standard InChI is InChI=1S/C21H21F3N6O3/c1-3-30-19(32)16-10(2)33-9-21(16,29-20(30)25)12-6-11(4-5-13(12)22)28-18(31)15-8-26-14(7-27-15)17(23)24/h4-8,10,16-17H,3,9H2,1-2H3,(H2,25,29)(H,28,31)/t10-,16+,21-/m1/s1. The van der Waals surface area contributed by atoms with E-state index in [1.54, 1.807) is 13.8 Å². The van der Waals surface area contributed by atoms with E-state index in [1.165, 1.54) is 17.0 Å². The molecule has 0 bridgehead atoms. The van der Waals surface area contributed by atoms with Gasteiger partial charge in [-0.2, -0.15) is 0 Å². The minimum Gasteiger partial charge on any atom is -0.375 e. The SMILES string of the molecule is CCN1C(=O)[C@@H]2[C@@H](C)OC[C@]2(c2cc(NC(=O)c3cnc(C(F)F)cn3)ccc2F)N=C1N. The Morgan fingerprint density at radius 3 is 2.76 bits per heavy atom. The number of ether oxygens (including phenoxy) is 1. The number of guanidine groups is 1. The number of nitrogens with one attached hydrogen (secondary N) is 1. The molecular formula is C21H21F3N6O3. The molecule has 0 radical (unpaired) electrons. The highest BCUT2D eigenvalue weighted by atomic mass is 19.3. The lowest BCUT2D eigenvalue weighted by molar-refractivity contribution is -0.135. The number of amides is 2. The zero-order chi connectivity index (χ0) is 23.9. The molecule has 1 fully saturated rings. The first-order chi connectivity index (χ1) is 15.7. The second-order valence-electron chi connectivity index (χ2n) is 7.75. The Bertz CT molecular complexity index is 1130. The maximum atomic E-state index is 15.0. The van der Waals surface area contributed by atoms with E-state index in [9.17, 15) is 18.4 Å². The topological polar surface area (TPSA) is 123 Å². The molecule has 2 aliphatic heterocycles. The van der Waals surface area contributed by atoms with Crippen LogP contribution < -0.4 is 11.1 Å². The predicted molar refractivity (Wildman–Crippen MR) is 111 cm³/mol. The van der Waals surface area contributed by atoms with Gasteiger partial charge < -0.3 is 15.8 Å². The van der Waals surface area contributed by atoms with E-state index in [1.807, 2.05) is 0 Å². The Labute approximate surface area is 186 Å². The van der Waals surface area contributed by atoms with Crippen LogP contribution in [-0.4, -0.2) is 51.9 Å². The van der Waals surface area contributed by atoms with Crippen LogP contribution in [0.3, 0.4) is 0 Å². The lowest BCUT2D eigenvalue weighted by Gasteiger charge is -2.39. The van der Waals surface area contributed by atoms with Crippen molar-refractivity contribution in [3.8, 4) is 0 Å². The number of benzene rings is 1. The van der Waals surface area contributed by atoms with Crippen LogP contribution in [0.15, 0.2) is 35.6 Å². The summed E-state index contributed by atoms with van der Waals surface area (Å²) in [5, 5.41) is 2.53. The monoisotopic (exact) mass is 462 g/mol. The molecule has 0 saturated carbocycles. The highest BCUT2D eigenvalue weighted by Crippen LogP contribution is 2.47. The first-order valence-electron chi connectivity index (χ1n) is 10.2. The second kappa shape index (κ2) is 8.43. The van der Waals surface area contributed by atoms with E-state index in [2.05, 4.69) is 20.3 Å². The fourth-order valence-electron chi connectivity index (χ4n) is 4.21. The fraction of sp³-hybridized carbons (Fsp3) is 0.381. The molecule has 0 aliphatic carbocycles. The minimum atomic E-state index is -2.81. The van der Waals surface area contributed by atoms with Crippen molar-refractivity contribution >= 4 is 23.5 Å². The van der Waals surface area contributed by atoms with Crippen molar-refractivity contribution in [2.45, 2.75) is 31.9 Å². The summed E-state index contributed by atoms with van der Waals surface area (Å²) in [5.74, 6) is -2.55. The number of carbonyl (C=O) groups is 2. The van der Waals surface area contributed by atoms with Crippen LogP contribution in [0.4, 0.5) is 18.9 Å². The van der Waals surface area contributed by atoms with Gasteiger partial charge in [0.25, 0.3) is 12.3 Å². The lowest BCUT2D eigenvalue weighted by atomic mass is 9.76. The highest BCUT2D eigenvalue weighted by molar-refractivity contribution is 6.03. The average molecular weight is 462 g/mol. The molecule has 4 rings (SSSR count). The molecule has 3 heterocycles. The number of halogens is 3. The second-order valence-corrected chi connectivity index (χ2v) is 7.75. The molecule has 1 aromatic carbocycles. The van der Waals surface area contributed by atoms with Gasteiger partial charge in [-0.3, -0.25) is 19.5 Å². The van der Waals surface area contributed by atoms with E-state index < -0.39 is 41.4 Å². The molecule has 33 heavy (non-hydrogen) atoms. The van der Waals surface area contributed by atoms with Gasteiger partial charge in [0.15, 0.2) is 5.96 Å². The lowest BCUT2D eigenvalue weighted by Crippen LogP contribution is -2.57. The van der Waals surface area contributed by atoms with Crippen molar-refractivity contribution in [1.29, 1.82) is 0 Å². The van der Waals surface area contributed by atoms with E-state index >= 15 is 4.39 Å². The number of anilines is 1. The molecule has 3 atom stereocenters. The van der Waals surface area contributed by atoms with Crippen molar-refractivity contribution in [3.63, 3.8) is 0 Å². The summed E-state index contributed by atoms with van der Waals surface area (Å²) in [7, 11) is 0. The molecule has 9 nitrogen and oxygen atoms in total. The van der Waals surface area contributed by atoms with E-state index in [0.717, 1.165) is 18.5 Å². The Kier molecular flexibility index (Phi) is 5.78. The quantitative estimate of drug-likeness (QED) is 0.703. The number of aliphatic imine (C=N–C) groups is 1. The number of nitrogens with zero attached hydrogens (tertiary/aromatic N) is 4. The first-order valence-corrected chi connectivity index (χ1v) is 10.2. The third-order valence-corrected chi connectivity index (χ3v) is 5.81. The summed E-state index contributed by atoms with van der Waals surface area (Å²) in [4.78, 5) is 38.6. The number of carbonyl (C=O) groups excluding carboxylic acids is 2. The zero-order valence-electron chi connectivity index (χ0n) is 17.8. The Morgan fingerprint density at radius 2 is 2.12 bits per heavy atom. The van der Waals surface area contributed by atoms with Crippen molar-refractivity contribution < 1.29 is 27.5 Å². The molecule has 1 saturated heterocycles. The number of hydrogen-bond acceptors (Lipinski definition) is 7. The van der Waals surface area contributed by atoms with Gasteiger partial charge >= 0.3 is 0 Å². The smallest absolute Gasteiger partial charge is 0.281 e. The predicted octanol–water partition coefficient (Wildman–Crippen LogP) is 2.21. The number of nitrogens with two attached hydrogens (primary N) is 1. The Morgan fingerprint density at radius 1 is 1.36 bits per heavy atom. The van der Waals surface area contributed by atoms with E-state index in [-0.39, 0.29) is 35.4 Å². The molecule has 2 amide bonds. The summed E-state index contributed by atoms with van der Waals surface area (Å²) < 4.78 is 46.0. The molecule has 2 aromatic rings. The summed E-state index contributed by atoms with van der Waals surface area (Å²) in [6.07, 6.45) is -1.62. The summed E-state index contributed by atoms with van der Waals surface area (Å²) >= 11 is 0. The largest absolute Gasteiger partial charge is 0.375 e. The Hall–Kier alpha value is -3.54. The summed E-state index contributed by atoms with van der Waals surface area (Å²) in [6, 6.07) is 3.81. The number of rotatable bonds is 5. The molecular weight excluding hydrogens is 441 g/mol. The summed E-state index contributed by atoms with van der Waals surface area (Å²) in [6.45, 7) is 3.69. The summed E-state index contributed by atoms with van der Waals surface area (Å²) in [5.41, 5.74) is 4.09. The van der Waals surface area contributed by atoms with Gasteiger partial charge in [0.1, 0.15) is 22.7 Å². The normalized spacial score (nSPS) is 24.6. The van der Waals surface area contributed by atoms with Gasteiger partial charge in [-0.15, -0.1) is 0 Å². The van der Waals surface area contributed by atoms with Gasteiger partial charge in [0, 0.05) is 17.8 Å². The highest BCUT2D eigenvalue weighted by Gasteiger charge is 2.58. The van der Waals surface area contributed by atoms with Gasteiger partial charge in [0.05, 0.1) is 31.0 Å². The van der Waals surface area contributed by atoms with Crippen LogP contribution in [0.2, 0.25) is 0 Å². The van der Waals surface area contributed by atoms with Crippen LogP contribution in [0.25, 0.3) is 0 Å². The molecule has 0 unspecified atom stereocenters. The average Bonchev–Trinajstić information content (AvgIpc) is 3.12. The van der Waals surface area contributed by atoms with Crippen molar-refractivity contribution in [3.05, 3.63) is 53.4 Å². The molecule has 2 aliphatic rings. The fourth-order valence-corrected chi connectivity index (χ4v) is 4.21. The van der Waals surface area contributed by atoms with Crippen molar-refractivity contribution in [2.24, 2.45) is 16.6 Å². The number of alkyl halides is 2. The first kappa shape index (κ1) is 22.6. The molecule has 1 aromatic heterocycles. The van der Waals surface area contributed by atoms with Crippen LogP contribution in [0, 0.1) is 11.7 Å². The molecule has 174 valence electrons. The van der Waals surface area contributed by atoms with Gasteiger partial charge in [-0.1, -0.05) is 0 Å². The van der Waals surface area contributed by atoms with Crippen LogP contribution in [-0.2, 0) is 15.1 Å². The minimum absolute atomic E-state index is 0.0420. The van der Waals surface area contributed by atoms with E-state index in [4.69, 9.17) is 10.5 Å². The van der Waals surface area contributed by atoms with Crippen LogP contribution in [0.1, 0.15) is 42.0 Å². The van der Waals surface area contributed by atoms with Crippen LogP contribution >= 0.6 is 0 Å². The Balaban J connectivity index is 1.69. The molecule has 3 N–H and O–H groups in total. The maximum Gasteiger partial charge on any atom is 0.281 e.